The Kier molecular flexibility index (Phi) is 2.42. The molecule has 1 aliphatic rings. The molecule has 6 heteroatoms. The van der Waals surface area contributed by atoms with Crippen molar-refractivity contribution in [2.24, 2.45) is 0 Å². The number of fused-ring (bicyclic) bond motifs is 1. The van der Waals surface area contributed by atoms with Gasteiger partial charge >= 0.3 is 0 Å². The highest BCUT2D eigenvalue weighted by Crippen LogP contribution is 2.36. The van der Waals surface area contributed by atoms with Crippen molar-refractivity contribution in [1.29, 1.82) is 0 Å². The molecule has 0 radical (unpaired) electrons. The normalized spacial score (nSPS) is 14.4. The van der Waals surface area contributed by atoms with Crippen LogP contribution in [-0.4, -0.2) is 22.7 Å². The predicted octanol–water partition coefficient (Wildman–Crippen LogP) is 1.53. The van der Waals surface area contributed by atoms with Crippen LogP contribution in [0.2, 0.25) is 0 Å². The number of nitro groups is 1. The van der Waals surface area contributed by atoms with Crippen LogP contribution in [-0.2, 0) is 4.79 Å². The van der Waals surface area contributed by atoms with Crippen LogP contribution in [0.1, 0.15) is 24.2 Å². The van der Waals surface area contributed by atoms with Crippen molar-refractivity contribution in [2.75, 3.05) is 4.90 Å². The first-order valence-corrected chi connectivity index (χ1v) is 5.10. The molecule has 1 aliphatic heterocycles. The molecule has 0 fully saturated rings. The Morgan fingerprint density at radius 3 is 2.47 bits per heavy atom. The van der Waals surface area contributed by atoms with E-state index in [1.807, 2.05) is 0 Å². The quantitative estimate of drug-likeness (QED) is 0.441. The highest BCUT2D eigenvalue weighted by atomic mass is 16.6. The van der Waals surface area contributed by atoms with Gasteiger partial charge in [-0.15, -0.1) is 0 Å². The van der Waals surface area contributed by atoms with E-state index in [1.54, 1.807) is 19.9 Å². The fourth-order valence-electron chi connectivity index (χ4n) is 1.95. The van der Waals surface area contributed by atoms with E-state index in [0.717, 1.165) is 0 Å². The molecule has 0 N–H and O–H groups in total. The van der Waals surface area contributed by atoms with Gasteiger partial charge in [0.2, 0.25) is 0 Å². The number of benzene rings is 1. The van der Waals surface area contributed by atoms with Gasteiger partial charge in [-0.05, 0) is 19.9 Å². The second-order valence-electron chi connectivity index (χ2n) is 4.03. The standard InChI is InChI=1S/C11H10N2O4/c1-6(2)12-7-4-3-5-8(13(16)17)9(7)10(14)11(12)15/h3-6H,1-2H3. The molecule has 0 saturated carbocycles. The van der Waals surface area contributed by atoms with Gasteiger partial charge in [0, 0.05) is 12.1 Å². The maximum Gasteiger partial charge on any atom is 0.299 e. The van der Waals surface area contributed by atoms with Crippen molar-refractivity contribution in [3.8, 4) is 0 Å². The van der Waals surface area contributed by atoms with Gasteiger partial charge in [0.1, 0.15) is 5.56 Å². The first-order valence-electron chi connectivity index (χ1n) is 5.10. The molecule has 0 saturated heterocycles. The lowest BCUT2D eigenvalue weighted by atomic mass is 10.1. The first-order chi connectivity index (χ1) is 7.95. The fourth-order valence-corrected chi connectivity index (χ4v) is 1.95. The van der Waals surface area contributed by atoms with E-state index >= 15 is 0 Å². The summed E-state index contributed by atoms with van der Waals surface area (Å²) >= 11 is 0. The predicted molar refractivity (Wildman–Crippen MR) is 60.0 cm³/mol. The number of nitrogens with zero attached hydrogens (tertiary/aromatic N) is 2. The Morgan fingerprint density at radius 1 is 1.29 bits per heavy atom. The van der Waals surface area contributed by atoms with E-state index in [0.29, 0.717) is 5.69 Å². The molecular weight excluding hydrogens is 224 g/mol. The lowest BCUT2D eigenvalue weighted by Gasteiger charge is -2.20. The topological polar surface area (TPSA) is 80.5 Å². The van der Waals surface area contributed by atoms with Crippen LogP contribution >= 0.6 is 0 Å². The van der Waals surface area contributed by atoms with Gasteiger partial charge in [0.15, 0.2) is 0 Å². The number of anilines is 1. The number of Topliss-reactive ketones (excluding diaryl/α,β-unsaturated/α-hetero) is 1. The Morgan fingerprint density at radius 2 is 1.94 bits per heavy atom. The summed E-state index contributed by atoms with van der Waals surface area (Å²) in [7, 11) is 0. The van der Waals surface area contributed by atoms with Crippen LogP contribution in [0.4, 0.5) is 11.4 Å². The average molecular weight is 234 g/mol. The molecule has 2 rings (SSSR count). The van der Waals surface area contributed by atoms with E-state index in [2.05, 4.69) is 0 Å². The summed E-state index contributed by atoms with van der Waals surface area (Å²) in [5.41, 5.74) is -0.0931. The summed E-state index contributed by atoms with van der Waals surface area (Å²) in [4.78, 5) is 34.9. The number of ketones is 1. The average Bonchev–Trinajstić information content (AvgIpc) is 2.51. The molecule has 0 aromatic heterocycles. The molecule has 6 nitrogen and oxygen atoms in total. The second-order valence-corrected chi connectivity index (χ2v) is 4.03. The van der Waals surface area contributed by atoms with Crippen LogP contribution in [0.5, 0.6) is 0 Å². The number of carbonyl (C=O) groups is 2. The minimum Gasteiger partial charge on any atom is -0.302 e. The van der Waals surface area contributed by atoms with E-state index in [1.165, 1.54) is 17.0 Å². The Balaban J connectivity index is 2.70. The third-order valence-corrected chi connectivity index (χ3v) is 2.63. The summed E-state index contributed by atoms with van der Waals surface area (Å²) in [5, 5.41) is 10.8. The molecule has 0 bridgehead atoms. The number of amides is 1. The molecule has 17 heavy (non-hydrogen) atoms. The Hall–Kier alpha value is -2.24. The molecule has 0 aliphatic carbocycles. The van der Waals surface area contributed by atoms with Crippen LogP contribution < -0.4 is 4.90 Å². The summed E-state index contributed by atoms with van der Waals surface area (Å²) in [5.74, 6) is -1.51. The molecule has 1 aromatic rings. The van der Waals surface area contributed by atoms with Crippen molar-refractivity contribution in [3.05, 3.63) is 33.9 Å². The van der Waals surface area contributed by atoms with Crippen LogP contribution in [0.3, 0.4) is 0 Å². The molecule has 1 amide bonds. The molecular formula is C11H10N2O4. The highest BCUT2D eigenvalue weighted by Gasteiger charge is 2.42. The third kappa shape index (κ3) is 1.49. The number of hydrogen-bond acceptors (Lipinski definition) is 4. The minimum absolute atomic E-state index is 0.101. The Bertz CT molecular complexity index is 536. The summed E-state index contributed by atoms with van der Waals surface area (Å²) in [6, 6.07) is 4.03. The highest BCUT2D eigenvalue weighted by molar-refractivity contribution is 6.53. The van der Waals surface area contributed by atoms with Crippen LogP contribution in [0.25, 0.3) is 0 Å². The van der Waals surface area contributed by atoms with Crippen molar-refractivity contribution in [3.63, 3.8) is 0 Å². The lowest BCUT2D eigenvalue weighted by Crippen LogP contribution is -2.35. The molecule has 88 valence electrons. The van der Waals surface area contributed by atoms with Crippen LogP contribution in [0, 0.1) is 10.1 Å². The number of nitro benzene ring substituents is 1. The van der Waals surface area contributed by atoms with Gasteiger partial charge in [-0.1, -0.05) is 6.07 Å². The summed E-state index contributed by atoms with van der Waals surface area (Å²) < 4.78 is 0. The van der Waals surface area contributed by atoms with Gasteiger partial charge in [-0.3, -0.25) is 19.7 Å². The number of hydrogen-bond donors (Lipinski definition) is 0. The summed E-state index contributed by atoms with van der Waals surface area (Å²) in [6.45, 7) is 3.50. The molecule has 1 heterocycles. The van der Waals surface area contributed by atoms with Crippen molar-refractivity contribution in [1.82, 2.24) is 0 Å². The fraction of sp³-hybridized carbons (Fsp3) is 0.273. The van der Waals surface area contributed by atoms with Gasteiger partial charge < -0.3 is 4.90 Å². The lowest BCUT2D eigenvalue weighted by molar-refractivity contribution is -0.385. The monoisotopic (exact) mass is 234 g/mol. The number of rotatable bonds is 2. The third-order valence-electron chi connectivity index (χ3n) is 2.63. The summed E-state index contributed by atoms with van der Waals surface area (Å²) in [6.07, 6.45) is 0. The van der Waals surface area contributed by atoms with Gasteiger partial charge in [0.05, 0.1) is 10.6 Å². The van der Waals surface area contributed by atoms with E-state index in [4.69, 9.17) is 0 Å². The van der Waals surface area contributed by atoms with E-state index in [-0.39, 0.29) is 17.3 Å². The molecule has 0 spiro atoms. The van der Waals surface area contributed by atoms with Crippen molar-refractivity contribution in [2.45, 2.75) is 19.9 Å². The minimum atomic E-state index is -0.805. The zero-order valence-corrected chi connectivity index (χ0v) is 9.34. The molecule has 0 atom stereocenters. The van der Waals surface area contributed by atoms with Gasteiger partial charge in [0.25, 0.3) is 17.4 Å². The maximum absolute atomic E-state index is 11.7. The van der Waals surface area contributed by atoms with Crippen LogP contribution in [0.15, 0.2) is 18.2 Å². The second kappa shape index (κ2) is 3.65. The van der Waals surface area contributed by atoms with Gasteiger partial charge in [-0.2, -0.15) is 0 Å². The smallest absolute Gasteiger partial charge is 0.299 e. The largest absolute Gasteiger partial charge is 0.302 e. The van der Waals surface area contributed by atoms with E-state index < -0.39 is 16.6 Å². The van der Waals surface area contributed by atoms with Crippen molar-refractivity contribution < 1.29 is 14.5 Å². The zero-order valence-electron chi connectivity index (χ0n) is 9.34. The van der Waals surface area contributed by atoms with Crippen molar-refractivity contribution >= 4 is 23.1 Å². The SMILES string of the molecule is CC(C)N1C(=O)C(=O)c2c1cccc2[N+](=O)[O-]. The first kappa shape index (κ1) is 11.3. The maximum atomic E-state index is 11.7. The zero-order chi connectivity index (χ0) is 12.7. The Labute approximate surface area is 97.0 Å². The number of carbonyl (C=O) groups excluding carboxylic acids is 2. The molecule has 0 unspecified atom stereocenters. The molecule has 1 aromatic carbocycles. The van der Waals surface area contributed by atoms with E-state index in [9.17, 15) is 19.7 Å². The van der Waals surface area contributed by atoms with Gasteiger partial charge in [-0.25, -0.2) is 0 Å².